The first-order valence-corrected chi connectivity index (χ1v) is 11.7. The van der Waals surface area contributed by atoms with Gasteiger partial charge in [0.15, 0.2) is 6.23 Å². The van der Waals surface area contributed by atoms with Gasteiger partial charge in [-0.3, -0.25) is 9.88 Å². The molecule has 0 N–H and O–H groups in total. The van der Waals surface area contributed by atoms with E-state index >= 15 is 0 Å². The zero-order valence-corrected chi connectivity index (χ0v) is 19.2. The van der Waals surface area contributed by atoms with Crippen LogP contribution in [0.2, 0.25) is 0 Å². The SMILES string of the molecule is C[C@@H]1Cc2c(ccc3c2cnn3C2CCCCO2)C(c2ccc(Br)cn2)N1CC(F)(F)F. The van der Waals surface area contributed by atoms with Gasteiger partial charge in [-0.25, -0.2) is 4.68 Å². The first-order valence-electron chi connectivity index (χ1n) is 10.9. The molecule has 3 atom stereocenters. The van der Waals surface area contributed by atoms with Crippen LogP contribution in [0.15, 0.2) is 41.1 Å². The molecule has 32 heavy (non-hydrogen) atoms. The fourth-order valence-corrected chi connectivity index (χ4v) is 5.24. The number of rotatable bonds is 3. The average molecular weight is 509 g/mol. The molecule has 1 aromatic carbocycles. The zero-order valence-electron chi connectivity index (χ0n) is 17.6. The van der Waals surface area contributed by atoms with Crippen LogP contribution in [-0.4, -0.2) is 45.0 Å². The summed E-state index contributed by atoms with van der Waals surface area (Å²) in [4.78, 5) is 5.99. The lowest BCUT2D eigenvalue weighted by molar-refractivity contribution is -0.155. The molecule has 1 saturated heterocycles. The lowest BCUT2D eigenvalue weighted by atomic mass is 9.85. The van der Waals surface area contributed by atoms with Gasteiger partial charge in [0, 0.05) is 28.7 Å². The monoisotopic (exact) mass is 508 g/mol. The van der Waals surface area contributed by atoms with Gasteiger partial charge in [0.25, 0.3) is 0 Å². The van der Waals surface area contributed by atoms with Crippen LogP contribution in [0.3, 0.4) is 0 Å². The van der Waals surface area contributed by atoms with Gasteiger partial charge in [0.1, 0.15) is 0 Å². The number of benzene rings is 1. The van der Waals surface area contributed by atoms with Gasteiger partial charge in [0.05, 0.1) is 30.0 Å². The molecule has 0 saturated carbocycles. The van der Waals surface area contributed by atoms with E-state index in [1.165, 1.54) is 4.90 Å². The van der Waals surface area contributed by atoms with Crippen molar-refractivity contribution in [1.82, 2.24) is 19.7 Å². The van der Waals surface area contributed by atoms with Crippen LogP contribution in [0.4, 0.5) is 13.2 Å². The van der Waals surface area contributed by atoms with E-state index in [1.807, 2.05) is 36.0 Å². The number of ether oxygens (including phenoxy) is 1. The summed E-state index contributed by atoms with van der Waals surface area (Å²) in [5.41, 5.74) is 3.48. The third kappa shape index (κ3) is 4.06. The second-order valence-electron chi connectivity index (χ2n) is 8.62. The maximum Gasteiger partial charge on any atom is 0.401 e. The highest BCUT2D eigenvalue weighted by Crippen LogP contribution is 2.42. The van der Waals surface area contributed by atoms with Crippen LogP contribution >= 0.6 is 15.9 Å². The van der Waals surface area contributed by atoms with Crippen molar-refractivity contribution in [2.45, 2.75) is 57.1 Å². The maximum absolute atomic E-state index is 13.5. The van der Waals surface area contributed by atoms with Gasteiger partial charge < -0.3 is 4.74 Å². The number of hydrogen-bond acceptors (Lipinski definition) is 4. The number of aromatic nitrogens is 3. The standard InChI is InChI=1S/C23H24BrF3N4O/c1-14-10-17-16(6-8-20-18(17)12-29-31(20)21-4-2-3-9-32-21)22(30(14)13-23(25,26)27)19-7-5-15(24)11-28-19/h5-8,11-12,14,21-22H,2-4,9-10,13H2,1H3/t14-,21?,22?/m1/s1. The Hall–Kier alpha value is -1.97. The van der Waals surface area contributed by atoms with Crippen LogP contribution in [0.5, 0.6) is 0 Å². The number of halogens is 4. The summed E-state index contributed by atoms with van der Waals surface area (Å²) in [6.07, 6.45) is 2.67. The van der Waals surface area contributed by atoms with Crippen molar-refractivity contribution in [2.75, 3.05) is 13.2 Å². The summed E-state index contributed by atoms with van der Waals surface area (Å²) >= 11 is 3.37. The van der Waals surface area contributed by atoms with Gasteiger partial charge >= 0.3 is 6.18 Å². The van der Waals surface area contributed by atoms with E-state index in [1.54, 1.807) is 12.3 Å². The van der Waals surface area contributed by atoms with Crippen molar-refractivity contribution in [2.24, 2.45) is 0 Å². The minimum absolute atomic E-state index is 0.0917. The van der Waals surface area contributed by atoms with E-state index in [9.17, 15) is 13.2 Å². The highest BCUT2D eigenvalue weighted by molar-refractivity contribution is 9.10. The minimum Gasteiger partial charge on any atom is -0.356 e. The molecule has 0 amide bonds. The van der Waals surface area contributed by atoms with Crippen molar-refractivity contribution < 1.29 is 17.9 Å². The van der Waals surface area contributed by atoms with Crippen LogP contribution in [-0.2, 0) is 11.2 Å². The van der Waals surface area contributed by atoms with E-state index < -0.39 is 18.8 Å². The van der Waals surface area contributed by atoms with Gasteiger partial charge in [0.2, 0.25) is 0 Å². The molecule has 170 valence electrons. The summed E-state index contributed by atoms with van der Waals surface area (Å²) in [5.74, 6) is 0. The molecule has 2 aliphatic heterocycles. The molecule has 2 aliphatic rings. The molecular weight excluding hydrogens is 485 g/mol. The first-order chi connectivity index (χ1) is 15.3. The Kier molecular flexibility index (Phi) is 5.75. The topological polar surface area (TPSA) is 43.2 Å². The van der Waals surface area contributed by atoms with Gasteiger partial charge in [-0.15, -0.1) is 0 Å². The fourth-order valence-electron chi connectivity index (χ4n) is 5.00. The minimum atomic E-state index is -4.30. The Morgan fingerprint density at radius 2 is 2.00 bits per heavy atom. The smallest absolute Gasteiger partial charge is 0.356 e. The number of alkyl halides is 3. The van der Waals surface area contributed by atoms with Crippen molar-refractivity contribution in [3.05, 3.63) is 58.0 Å². The molecule has 5 rings (SSSR count). The Balaban J connectivity index is 1.63. The van der Waals surface area contributed by atoms with Crippen LogP contribution in [0.25, 0.3) is 10.9 Å². The first kappa shape index (κ1) is 21.9. The molecule has 0 spiro atoms. The predicted octanol–water partition coefficient (Wildman–Crippen LogP) is 5.79. The Morgan fingerprint density at radius 3 is 2.69 bits per heavy atom. The molecule has 1 fully saturated rings. The molecule has 0 bridgehead atoms. The van der Waals surface area contributed by atoms with E-state index in [4.69, 9.17) is 4.74 Å². The fraction of sp³-hybridized carbons (Fsp3) is 0.478. The molecule has 5 nitrogen and oxygen atoms in total. The molecule has 2 unspecified atom stereocenters. The third-order valence-corrected chi connectivity index (χ3v) is 6.91. The summed E-state index contributed by atoms with van der Waals surface area (Å²) < 4.78 is 49.2. The normalized spacial score (nSPS) is 24.6. The molecule has 0 radical (unpaired) electrons. The number of nitrogens with zero attached hydrogens (tertiary/aromatic N) is 4. The quantitative estimate of drug-likeness (QED) is 0.449. The Morgan fingerprint density at radius 1 is 1.16 bits per heavy atom. The highest BCUT2D eigenvalue weighted by atomic mass is 79.9. The molecule has 9 heteroatoms. The number of pyridine rings is 1. The van der Waals surface area contributed by atoms with E-state index in [0.717, 1.165) is 52.4 Å². The lowest BCUT2D eigenvalue weighted by Crippen LogP contribution is -2.47. The molecule has 3 aromatic rings. The van der Waals surface area contributed by atoms with Crippen molar-refractivity contribution >= 4 is 26.8 Å². The van der Waals surface area contributed by atoms with Gasteiger partial charge in [-0.1, -0.05) is 6.07 Å². The largest absolute Gasteiger partial charge is 0.401 e. The third-order valence-electron chi connectivity index (χ3n) is 6.44. The van der Waals surface area contributed by atoms with Crippen molar-refractivity contribution in [1.29, 1.82) is 0 Å². The molecular formula is C23H24BrF3N4O. The molecule has 4 heterocycles. The zero-order chi connectivity index (χ0) is 22.5. The molecule has 2 aromatic heterocycles. The summed E-state index contributed by atoms with van der Waals surface area (Å²) in [6, 6.07) is 6.64. The summed E-state index contributed by atoms with van der Waals surface area (Å²) in [6.45, 7) is 1.59. The summed E-state index contributed by atoms with van der Waals surface area (Å²) in [7, 11) is 0. The van der Waals surface area contributed by atoms with Gasteiger partial charge in [-0.2, -0.15) is 18.3 Å². The van der Waals surface area contributed by atoms with E-state index in [0.29, 0.717) is 12.1 Å². The Bertz CT molecular complexity index is 1110. The predicted molar refractivity (Wildman–Crippen MR) is 118 cm³/mol. The van der Waals surface area contributed by atoms with Crippen molar-refractivity contribution in [3.63, 3.8) is 0 Å². The van der Waals surface area contributed by atoms with Crippen molar-refractivity contribution in [3.8, 4) is 0 Å². The average Bonchev–Trinajstić information content (AvgIpc) is 3.20. The number of hydrogen-bond donors (Lipinski definition) is 0. The van der Waals surface area contributed by atoms with Crippen LogP contribution in [0, 0.1) is 0 Å². The van der Waals surface area contributed by atoms with Crippen LogP contribution in [0.1, 0.15) is 55.3 Å². The summed E-state index contributed by atoms with van der Waals surface area (Å²) in [5, 5.41) is 5.60. The number of fused-ring (bicyclic) bond motifs is 3. The second-order valence-corrected chi connectivity index (χ2v) is 9.54. The van der Waals surface area contributed by atoms with Crippen LogP contribution < -0.4 is 0 Å². The second kappa shape index (κ2) is 8.43. The lowest BCUT2D eigenvalue weighted by Gasteiger charge is -2.42. The van der Waals surface area contributed by atoms with E-state index in [2.05, 4.69) is 26.0 Å². The maximum atomic E-state index is 13.5. The van der Waals surface area contributed by atoms with E-state index in [-0.39, 0.29) is 12.3 Å². The molecule has 0 aliphatic carbocycles. The van der Waals surface area contributed by atoms with Gasteiger partial charge in [-0.05, 0) is 77.9 Å². The Labute approximate surface area is 192 Å². The highest BCUT2D eigenvalue weighted by Gasteiger charge is 2.41.